The van der Waals surface area contributed by atoms with E-state index in [1.807, 2.05) is 0 Å². The third kappa shape index (κ3) is 3.97. The van der Waals surface area contributed by atoms with Crippen LogP contribution >= 0.6 is 0 Å². The highest BCUT2D eigenvalue weighted by molar-refractivity contribution is 6.11. The van der Waals surface area contributed by atoms with Crippen LogP contribution in [0.1, 0.15) is 40.5 Å². The molecule has 2 radical (unpaired) electrons. The van der Waals surface area contributed by atoms with Crippen molar-refractivity contribution in [3.63, 3.8) is 0 Å². The molecule has 0 aromatic rings. The van der Waals surface area contributed by atoms with Crippen LogP contribution < -0.4 is 0 Å². The fourth-order valence-electron chi connectivity index (χ4n) is 0.903. The normalized spacial score (nSPS) is 17.3. The van der Waals surface area contributed by atoms with Crippen LogP contribution in [0.3, 0.4) is 0 Å². The second-order valence-corrected chi connectivity index (χ2v) is 3.66. The van der Waals surface area contributed by atoms with Crippen molar-refractivity contribution in [2.45, 2.75) is 46.4 Å². The van der Waals surface area contributed by atoms with Gasteiger partial charge in [0.1, 0.15) is 0 Å². The van der Waals surface area contributed by atoms with Crippen molar-refractivity contribution in [1.82, 2.24) is 0 Å². The highest BCUT2D eigenvalue weighted by Gasteiger charge is 2.09. The van der Waals surface area contributed by atoms with E-state index in [1.54, 1.807) is 0 Å². The van der Waals surface area contributed by atoms with Gasteiger partial charge in [-0.05, 0) is 5.92 Å². The molecule has 0 aliphatic heterocycles. The van der Waals surface area contributed by atoms with Crippen molar-refractivity contribution in [2.75, 3.05) is 0 Å². The van der Waals surface area contributed by atoms with Gasteiger partial charge < -0.3 is 0 Å². The van der Waals surface area contributed by atoms with Gasteiger partial charge in [-0.15, -0.1) is 0 Å². The predicted octanol–water partition coefficient (Wildman–Crippen LogP) is 3.04. The zero-order valence-electron chi connectivity index (χ0n) is 7.72. The average Bonchev–Trinajstić information content (AvgIpc) is 1.87. The van der Waals surface area contributed by atoms with E-state index in [1.165, 1.54) is 12.8 Å². The van der Waals surface area contributed by atoms with Crippen LogP contribution in [0, 0.1) is 11.8 Å². The van der Waals surface area contributed by atoms with Gasteiger partial charge in [0, 0.05) is 0 Å². The van der Waals surface area contributed by atoms with Gasteiger partial charge in [0.2, 0.25) is 0 Å². The molecule has 0 nitrogen and oxygen atoms in total. The first kappa shape index (κ1) is 10.1. The smallest absolute Gasteiger partial charge is 0.0703 e. The molecule has 0 saturated heterocycles. The lowest BCUT2D eigenvalue weighted by Gasteiger charge is -2.19. The number of hydrogen-bond acceptors (Lipinski definition) is 0. The first-order valence-corrected chi connectivity index (χ1v) is 4.33. The lowest BCUT2D eigenvalue weighted by molar-refractivity contribution is 0.441. The second kappa shape index (κ2) is 4.82. The molecule has 2 unspecified atom stereocenters. The topological polar surface area (TPSA) is 0 Å². The molecular weight excluding hydrogens is 119 g/mol. The van der Waals surface area contributed by atoms with E-state index < -0.39 is 0 Å². The minimum Gasteiger partial charge on any atom is -0.0749 e. The summed E-state index contributed by atoms with van der Waals surface area (Å²) in [6, 6.07) is 0. The highest BCUT2D eigenvalue weighted by atomic mass is 14.1. The molecule has 0 aliphatic rings. The molecular formula is C9H19B. The molecule has 1 heteroatoms. The van der Waals surface area contributed by atoms with Crippen molar-refractivity contribution < 1.29 is 0 Å². The van der Waals surface area contributed by atoms with E-state index in [0.717, 1.165) is 5.92 Å². The maximum absolute atomic E-state index is 5.89. The van der Waals surface area contributed by atoms with E-state index in [9.17, 15) is 0 Å². The van der Waals surface area contributed by atoms with Gasteiger partial charge in [-0.3, -0.25) is 0 Å². The SMILES string of the molecule is [B]C(CC(C)CC)C(C)C. The Kier molecular flexibility index (Phi) is 4.85. The van der Waals surface area contributed by atoms with Gasteiger partial charge in [-0.2, -0.15) is 0 Å². The molecule has 0 aromatic carbocycles. The molecule has 0 bridgehead atoms. The Bertz CT molecular complexity index is 78.8. The first-order valence-electron chi connectivity index (χ1n) is 4.33. The fraction of sp³-hybridized carbons (Fsp3) is 1.00. The largest absolute Gasteiger partial charge is 0.0749 e. The summed E-state index contributed by atoms with van der Waals surface area (Å²) in [6.07, 6.45) is 2.43. The van der Waals surface area contributed by atoms with Crippen LogP contribution in [0.25, 0.3) is 0 Å². The van der Waals surface area contributed by atoms with E-state index in [4.69, 9.17) is 7.85 Å². The minimum absolute atomic E-state index is 0.398. The third-order valence-corrected chi connectivity index (χ3v) is 2.23. The summed E-state index contributed by atoms with van der Waals surface area (Å²) in [4.78, 5) is 0. The summed E-state index contributed by atoms with van der Waals surface area (Å²) in [6.45, 7) is 8.86. The quantitative estimate of drug-likeness (QED) is 0.523. The molecule has 0 spiro atoms. The monoisotopic (exact) mass is 138 g/mol. The van der Waals surface area contributed by atoms with Crippen LogP contribution in [0.15, 0.2) is 0 Å². The van der Waals surface area contributed by atoms with Gasteiger partial charge in [-0.1, -0.05) is 52.3 Å². The van der Waals surface area contributed by atoms with Crippen LogP contribution in [-0.2, 0) is 0 Å². The van der Waals surface area contributed by atoms with Crippen molar-refractivity contribution in [3.8, 4) is 0 Å². The van der Waals surface area contributed by atoms with Gasteiger partial charge in [-0.25, -0.2) is 0 Å². The Labute approximate surface area is 66.8 Å². The fourth-order valence-corrected chi connectivity index (χ4v) is 0.903. The average molecular weight is 138 g/mol. The van der Waals surface area contributed by atoms with Crippen molar-refractivity contribution in [3.05, 3.63) is 0 Å². The van der Waals surface area contributed by atoms with Crippen LogP contribution in [-0.4, -0.2) is 7.85 Å². The first-order chi connectivity index (χ1) is 4.57. The van der Waals surface area contributed by atoms with E-state index in [-0.39, 0.29) is 0 Å². The standard InChI is InChI=1S/C9H19B/c1-5-8(4)6-9(10)7(2)3/h7-9H,5-6H2,1-4H3. The molecule has 2 atom stereocenters. The number of rotatable bonds is 4. The van der Waals surface area contributed by atoms with Gasteiger partial charge in [0.05, 0.1) is 7.85 Å². The Morgan fingerprint density at radius 1 is 1.20 bits per heavy atom. The van der Waals surface area contributed by atoms with Gasteiger partial charge >= 0.3 is 0 Å². The molecule has 58 valence electrons. The summed E-state index contributed by atoms with van der Waals surface area (Å²) >= 11 is 0. The van der Waals surface area contributed by atoms with Crippen LogP contribution in [0.5, 0.6) is 0 Å². The summed E-state index contributed by atoms with van der Waals surface area (Å²) in [7, 11) is 5.89. The lowest BCUT2D eigenvalue weighted by atomic mass is 9.73. The zero-order chi connectivity index (χ0) is 8.15. The van der Waals surface area contributed by atoms with E-state index in [2.05, 4.69) is 27.7 Å². The molecule has 0 aliphatic carbocycles. The molecule has 10 heavy (non-hydrogen) atoms. The Morgan fingerprint density at radius 2 is 1.70 bits per heavy atom. The molecule has 0 rings (SSSR count). The Balaban J connectivity index is 3.46. The van der Waals surface area contributed by atoms with E-state index in [0.29, 0.717) is 11.7 Å². The van der Waals surface area contributed by atoms with Crippen LogP contribution in [0.2, 0.25) is 5.82 Å². The summed E-state index contributed by atoms with van der Waals surface area (Å²) in [5, 5.41) is 0. The minimum atomic E-state index is 0.398. The van der Waals surface area contributed by atoms with Crippen molar-refractivity contribution in [1.29, 1.82) is 0 Å². The van der Waals surface area contributed by atoms with Gasteiger partial charge in [0.25, 0.3) is 0 Å². The highest BCUT2D eigenvalue weighted by Crippen LogP contribution is 2.23. The number of hydrogen-bond donors (Lipinski definition) is 0. The summed E-state index contributed by atoms with van der Waals surface area (Å²) < 4.78 is 0. The zero-order valence-corrected chi connectivity index (χ0v) is 7.72. The Hall–Kier alpha value is 0.0649. The second-order valence-electron chi connectivity index (χ2n) is 3.66. The maximum Gasteiger partial charge on any atom is 0.0703 e. The molecule has 0 N–H and O–H groups in total. The predicted molar refractivity (Wildman–Crippen MR) is 48.4 cm³/mol. The van der Waals surface area contributed by atoms with Crippen LogP contribution in [0.4, 0.5) is 0 Å². The summed E-state index contributed by atoms with van der Waals surface area (Å²) in [5.41, 5.74) is 0. The molecule has 0 aromatic heterocycles. The lowest BCUT2D eigenvalue weighted by Crippen LogP contribution is -2.06. The van der Waals surface area contributed by atoms with Gasteiger partial charge in [0.15, 0.2) is 0 Å². The molecule has 0 amide bonds. The van der Waals surface area contributed by atoms with Crippen molar-refractivity contribution in [2.24, 2.45) is 11.8 Å². The molecule has 0 fully saturated rings. The third-order valence-electron chi connectivity index (χ3n) is 2.23. The van der Waals surface area contributed by atoms with E-state index >= 15 is 0 Å². The molecule has 0 heterocycles. The molecule has 0 saturated carbocycles. The Morgan fingerprint density at radius 3 is 2.00 bits per heavy atom. The maximum atomic E-state index is 5.89. The summed E-state index contributed by atoms with van der Waals surface area (Å²) in [5.74, 6) is 1.82. The van der Waals surface area contributed by atoms with Crippen molar-refractivity contribution >= 4 is 7.85 Å².